The van der Waals surface area contributed by atoms with E-state index in [1.165, 1.54) is 0 Å². The Hall–Kier alpha value is -2.15. The summed E-state index contributed by atoms with van der Waals surface area (Å²) < 4.78 is 18.0. The number of halogens is 2. The number of oxazole rings is 1. The van der Waals surface area contributed by atoms with Gasteiger partial charge in [0.15, 0.2) is 0 Å². The van der Waals surface area contributed by atoms with E-state index in [4.69, 9.17) is 27.6 Å². The third-order valence-corrected chi connectivity index (χ3v) is 5.75. The van der Waals surface area contributed by atoms with Gasteiger partial charge < -0.3 is 9.73 Å². The van der Waals surface area contributed by atoms with Crippen LogP contribution in [0.1, 0.15) is 17.0 Å². The van der Waals surface area contributed by atoms with Crippen LogP contribution in [-0.4, -0.2) is 20.9 Å². The minimum atomic E-state index is -1.41. The van der Waals surface area contributed by atoms with Crippen molar-refractivity contribution < 1.29 is 13.4 Å². The molecule has 2 aromatic carbocycles. The fourth-order valence-electron chi connectivity index (χ4n) is 2.52. The summed E-state index contributed by atoms with van der Waals surface area (Å²) in [7, 11) is -1.41. The molecule has 0 fully saturated rings. The highest BCUT2D eigenvalue weighted by Crippen LogP contribution is 2.28. The summed E-state index contributed by atoms with van der Waals surface area (Å²) in [6.07, 6.45) is 0. The Morgan fingerprint density at radius 1 is 1.14 bits per heavy atom. The van der Waals surface area contributed by atoms with Gasteiger partial charge in [-0.15, -0.1) is 0 Å². The summed E-state index contributed by atoms with van der Waals surface area (Å²) in [5.74, 6) is 0.669. The van der Waals surface area contributed by atoms with E-state index in [0.29, 0.717) is 39.5 Å². The average Bonchev–Trinajstić information content (AvgIpc) is 3.01. The number of aryl methyl sites for hydroxylation is 1. The molecule has 3 aromatic rings. The van der Waals surface area contributed by atoms with E-state index in [-0.39, 0.29) is 17.4 Å². The summed E-state index contributed by atoms with van der Waals surface area (Å²) in [5.41, 5.74) is 2.14. The van der Waals surface area contributed by atoms with Crippen molar-refractivity contribution in [1.82, 2.24) is 10.3 Å². The zero-order valence-corrected chi connectivity index (χ0v) is 17.4. The summed E-state index contributed by atoms with van der Waals surface area (Å²) >= 11 is 12.0. The van der Waals surface area contributed by atoms with Gasteiger partial charge in [-0.2, -0.15) is 0 Å². The number of rotatable bonds is 7. The second kappa shape index (κ2) is 9.37. The number of nitrogens with one attached hydrogen (secondary N) is 1. The molecule has 0 aliphatic heterocycles. The van der Waals surface area contributed by atoms with Crippen molar-refractivity contribution in [3.05, 3.63) is 75.6 Å². The zero-order chi connectivity index (χ0) is 20.1. The Morgan fingerprint density at radius 3 is 2.57 bits per heavy atom. The number of nitrogens with zero attached hydrogens (tertiary/aromatic N) is 1. The van der Waals surface area contributed by atoms with E-state index < -0.39 is 10.8 Å². The van der Waals surface area contributed by atoms with Gasteiger partial charge in [0, 0.05) is 22.4 Å². The van der Waals surface area contributed by atoms with Crippen LogP contribution in [0.4, 0.5) is 0 Å². The lowest BCUT2D eigenvalue weighted by molar-refractivity contribution is -0.118. The molecular weight excluding hydrogens is 419 g/mol. The van der Waals surface area contributed by atoms with Crippen LogP contribution in [-0.2, 0) is 27.9 Å². The van der Waals surface area contributed by atoms with Gasteiger partial charge in [-0.25, -0.2) is 4.98 Å². The lowest BCUT2D eigenvalue weighted by Gasteiger charge is -2.05. The van der Waals surface area contributed by atoms with Gasteiger partial charge in [0.25, 0.3) is 0 Å². The highest BCUT2D eigenvalue weighted by molar-refractivity contribution is 7.84. The van der Waals surface area contributed by atoms with Crippen LogP contribution in [0.15, 0.2) is 52.9 Å². The number of carbonyl (C=O) groups is 1. The van der Waals surface area contributed by atoms with Crippen molar-refractivity contribution in [2.45, 2.75) is 19.2 Å². The topological polar surface area (TPSA) is 72.2 Å². The van der Waals surface area contributed by atoms with Gasteiger partial charge >= 0.3 is 0 Å². The molecule has 1 N–H and O–H groups in total. The molecule has 1 atom stereocenters. The standard InChI is InChI=1S/C20H18Cl2N2O3S/c1-13-18(24-20(27-13)16-4-2-3-5-17(16)22)11-28(26)12-19(25)23-10-14-6-8-15(21)9-7-14/h2-9H,10-12H2,1H3,(H,23,25)/t28-/m1/s1. The van der Waals surface area contributed by atoms with Crippen LogP contribution < -0.4 is 5.32 Å². The van der Waals surface area contributed by atoms with Crippen LogP contribution >= 0.6 is 23.2 Å². The largest absolute Gasteiger partial charge is 0.441 e. The third-order valence-electron chi connectivity index (χ3n) is 3.99. The Labute approximate surface area is 175 Å². The van der Waals surface area contributed by atoms with E-state index in [9.17, 15) is 9.00 Å². The lowest BCUT2D eigenvalue weighted by Crippen LogP contribution is -2.28. The van der Waals surface area contributed by atoms with Crippen LogP contribution in [0.2, 0.25) is 10.0 Å². The molecule has 0 saturated heterocycles. The predicted octanol–water partition coefficient (Wildman–Crippen LogP) is 4.52. The molecule has 28 heavy (non-hydrogen) atoms. The van der Waals surface area contributed by atoms with Gasteiger partial charge in [-0.1, -0.05) is 47.5 Å². The predicted molar refractivity (Wildman–Crippen MR) is 112 cm³/mol. The second-order valence-electron chi connectivity index (χ2n) is 6.13. The summed E-state index contributed by atoms with van der Waals surface area (Å²) in [5, 5.41) is 3.91. The number of carbonyl (C=O) groups excluding carboxylic acids is 1. The van der Waals surface area contributed by atoms with Crippen molar-refractivity contribution in [2.75, 3.05) is 5.75 Å². The van der Waals surface area contributed by atoms with Crippen LogP contribution in [0.3, 0.4) is 0 Å². The molecule has 0 radical (unpaired) electrons. The quantitative estimate of drug-likeness (QED) is 0.590. The van der Waals surface area contributed by atoms with Crippen molar-refractivity contribution in [2.24, 2.45) is 0 Å². The SMILES string of the molecule is Cc1oc(-c2ccccc2Cl)nc1C[S@@](=O)CC(=O)NCc1ccc(Cl)cc1. The maximum Gasteiger partial charge on any atom is 0.232 e. The highest BCUT2D eigenvalue weighted by Gasteiger charge is 2.17. The normalized spacial score (nSPS) is 12.0. The van der Waals surface area contributed by atoms with Gasteiger partial charge in [0.2, 0.25) is 11.8 Å². The molecule has 0 bridgehead atoms. The second-order valence-corrected chi connectivity index (χ2v) is 8.43. The van der Waals surface area contributed by atoms with Gasteiger partial charge in [0.1, 0.15) is 11.5 Å². The third kappa shape index (κ3) is 5.44. The van der Waals surface area contributed by atoms with Gasteiger partial charge in [-0.3, -0.25) is 9.00 Å². The number of hydrogen-bond donors (Lipinski definition) is 1. The molecule has 1 amide bonds. The van der Waals surface area contributed by atoms with Crippen molar-refractivity contribution in [3.63, 3.8) is 0 Å². The summed E-state index contributed by atoms with van der Waals surface area (Å²) in [6.45, 7) is 2.10. The molecule has 146 valence electrons. The number of aromatic nitrogens is 1. The highest BCUT2D eigenvalue weighted by atomic mass is 35.5. The van der Waals surface area contributed by atoms with Crippen LogP contribution in [0.5, 0.6) is 0 Å². The molecule has 0 aliphatic carbocycles. The van der Waals surface area contributed by atoms with Gasteiger partial charge in [0.05, 0.1) is 22.0 Å². The fourth-order valence-corrected chi connectivity index (χ4v) is 3.93. The zero-order valence-electron chi connectivity index (χ0n) is 15.1. The monoisotopic (exact) mass is 436 g/mol. The Morgan fingerprint density at radius 2 is 1.86 bits per heavy atom. The van der Waals surface area contributed by atoms with E-state index in [1.54, 1.807) is 31.2 Å². The van der Waals surface area contributed by atoms with Crippen LogP contribution in [0, 0.1) is 6.92 Å². The minimum absolute atomic E-state index is 0.110. The Balaban J connectivity index is 1.56. The van der Waals surface area contributed by atoms with Gasteiger partial charge in [-0.05, 0) is 36.8 Å². The van der Waals surface area contributed by atoms with Crippen molar-refractivity contribution in [3.8, 4) is 11.5 Å². The molecule has 0 unspecified atom stereocenters. The number of benzene rings is 2. The maximum atomic E-state index is 12.4. The first-order chi connectivity index (χ1) is 13.4. The van der Waals surface area contributed by atoms with Crippen molar-refractivity contribution in [1.29, 1.82) is 0 Å². The fraction of sp³-hybridized carbons (Fsp3) is 0.200. The molecule has 0 aliphatic rings. The number of hydrogen-bond acceptors (Lipinski definition) is 4. The molecule has 0 spiro atoms. The average molecular weight is 437 g/mol. The molecule has 3 rings (SSSR count). The van der Waals surface area contributed by atoms with E-state index in [0.717, 1.165) is 5.56 Å². The molecular formula is C20H18Cl2N2O3S. The summed E-state index contributed by atoms with van der Waals surface area (Å²) in [6, 6.07) is 14.4. The smallest absolute Gasteiger partial charge is 0.232 e. The summed E-state index contributed by atoms with van der Waals surface area (Å²) in [4.78, 5) is 16.5. The van der Waals surface area contributed by atoms with E-state index in [2.05, 4.69) is 10.3 Å². The Kier molecular flexibility index (Phi) is 6.88. The molecule has 0 saturated carbocycles. The van der Waals surface area contributed by atoms with E-state index in [1.807, 2.05) is 24.3 Å². The molecule has 1 aromatic heterocycles. The lowest BCUT2D eigenvalue weighted by atomic mass is 10.2. The molecule has 5 nitrogen and oxygen atoms in total. The maximum absolute atomic E-state index is 12.4. The number of amides is 1. The molecule has 1 heterocycles. The molecule has 8 heteroatoms. The van der Waals surface area contributed by atoms with Crippen molar-refractivity contribution >= 4 is 39.9 Å². The van der Waals surface area contributed by atoms with E-state index >= 15 is 0 Å². The first-order valence-electron chi connectivity index (χ1n) is 8.49. The Bertz CT molecular complexity index is 1000. The van der Waals surface area contributed by atoms with Crippen LogP contribution in [0.25, 0.3) is 11.5 Å². The minimum Gasteiger partial charge on any atom is -0.441 e. The first-order valence-corrected chi connectivity index (χ1v) is 10.7. The first kappa shape index (κ1) is 20.6.